The van der Waals surface area contributed by atoms with E-state index in [4.69, 9.17) is 11.6 Å². The second-order valence-corrected chi connectivity index (χ2v) is 4.84. The number of hydrogen-bond donors (Lipinski definition) is 1. The fourth-order valence-electron chi connectivity index (χ4n) is 2.31. The fourth-order valence-corrected chi connectivity index (χ4v) is 2.48. The molecule has 4 nitrogen and oxygen atoms in total. The third-order valence-electron chi connectivity index (χ3n) is 3.23. The van der Waals surface area contributed by atoms with E-state index < -0.39 is 0 Å². The van der Waals surface area contributed by atoms with Gasteiger partial charge in [-0.15, -0.1) is 0 Å². The van der Waals surface area contributed by atoms with Gasteiger partial charge in [-0.3, -0.25) is 4.98 Å². The summed E-state index contributed by atoms with van der Waals surface area (Å²) < 4.78 is 1.14. The van der Waals surface area contributed by atoms with E-state index >= 15 is 0 Å². The van der Waals surface area contributed by atoms with Crippen LogP contribution in [0.5, 0.6) is 0 Å². The van der Waals surface area contributed by atoms with E-state index in [1.807, 2.05) is 18.2 Å². The molecule has 0 spiro atoms. The van der Waals surface area contributed by atoms with Crippen LogP contribution in [0.1, 0.15) is 0 Å². The average Bonchev–Trinajstić information content (AvgIpc) is 2.84. The van der Waals surface area contributed by atoms with Gasteiger partial charge < -0.3 is 5.21 Å². The molecular formula is C14H8ClN3O. The first-order valence-corrected chi connectivity index (χ1v) is 6.16. The summed E-state index contributed by atoms with van der Waals surface area (Å²) in [5, 5.41) is 11.9. The lowest BCUT2D eigenvalue weighted by molar-refractivity contribution is 0.211. The zero-order valence-corrected chi connectivity index (χ0v) is 10.5. The van der Waals surface area contributed by atoms with E-state index in [-0.39, 0.29) is 0 Å². The minimum atomic E-state index is 0.590. The predicted molar refractivity (Wildman–Crippen MR) is 74.7 cm³/mol. The van der Waals surface area contributed by atoms with Gasteiger partial charge in [0.15, 0.2) is 0 Å². The number of hydrogen-bond acceptors (Lipinski definition) is 3. The second-order valence-electron chi connectivity index (χ2n) is 4.40. The maximum Gasteiger partial charge on any atom is 0.106 e. The minimum absolute atomic E-state index is 0.590. The summed E-state index contributed by atoms with van der Waals surface area (Å²) in [6, 6.07) is 10.8. The Balaban J connectivity index is 2.25. The molecule has 0 atom stereocenters. The Morgan fingerprint density at radius 2 is 1.79 bits per heavy atom. The molecule has 4 aromatic rings. The molecular weight excluding hydrogens is 262 g/mol. The highest BCUT2D eigenvalue weighted by atomic mass is 35.5. The van der Waals surface area contributed by atoms with Crippen molar-refractivity contribution in [1.82, 2.24) is 14.7 Å². The van der Waals surface area contributed by atoms with Crippen LogP contribution in [0.4, 0.5) is 0 Å². The number of benzene rings is 2. The average molecular weight is 270 g/mol. The van der Waals surface area contributed by atoms with Crippen LogP contribution >= 0.6 is 11.6 Å². The van der Waals surface area contributed by atoms with Crippen LogP contribution in [0.2, 0.25) is 5.02 Å². The molecule has 5 heteroatoms. The van der Waals surface area contributed by atoms with Crippen molar-refractivity contribution in [2.75, 3.05) is 0 Å². The molecule has 0 amide bonds. The standard InChI is InChI=1S/C14H8ClN3O/c15-9-1-2-13-11(6-9)17-12-7-10-8(3-4-16-10)5-14(12)18(13)19/h1-7,19H. The molecule has 0 unspecified atom stereocenters. The molecule has 0 radical (unpaired) electrons. The molecule has 2 heterocycles. The lowest BCUT2D eigenvalue weighted by Crippen LogP contribution is -1.99. The van der Waals surface area contributed by atoms with Gasteiger partial charge in [-0.1, -0.05) is 11.6 Å². The molecule has 1 N–H and O–H groups in total. The van der Waals surface area contributed by atoms with Gasteiger partial charge in [0.05, 0.1) is 16.6 Å². The Kier molecular flexibility index (Phi) is 2.00. The molecule has 92 valence electrons. The van der Waals surface area contributed by atoms with Crippen molar-refractivity contribution in [3.05, 3.63) is 47.6 Å². The van der Waals surface area contributed by atoms with Gasteiger partial charge in [0, 0.05) is 16.6 Å². The number of fused-ring (bicyclic) bond motifs is 3. The Bertz CT molecular complexity index is 946. The van der Waals surface area contributed by atoms with Crippen molar-refractivity contribution in [3.63, 3.8) is 0 Å². The highest BCUT2D eigenvalue weighted by Crippen LogP contribution is 2.25. The van der Waals surface area contributed by atoms with E-state index in [1.165, 1.54) is 0 Å². The summed E-state index contributed by atoms with van der Waals surface area (Å²) in [6.07, 6.45) is 1.74. The molecule has 4 rings (SSSR count). The van der Waals surface area contributed by atoms with E-state index in [1.54, 1.807) is 24.4 Å². The van der Waals surface area contributed by atoms with E-state index in [9.17, 15) is 5.21 Å². The molecule has 2 aromatic carbocycles. The Morgan fingerprint density at radius 1 is 0.947 bits per heavy atom. The van der Waals surface area contributed by atoms with Crippen LogP contribution in [0.15, 0.2) is 42.6 Å². The summed E-state index contributed by atoms with van der Waals surface area (Å²) in [6.45, 7) is 0. The van der Waals surface area contributed by atoms with Gasteiger partial charge >= 0.3 is 0 Å². The number of aromatic nitrogens is 3. The monoisotopic (exact) mass is 269 g/mol. The van der Waals surface area contributed by atoms with Crippen LogP contribution in [-0.2, 0) is 0 Å². The third kappa shape index (κ3) is 1.47. The van der Waals surface area contributed by atoms with Crippen molar-refractivity contribution in [2.45, 2.75) is 0 Å². The predicted octanol–water partition coefficient (Wildman–Crippen LogP) is 3.63. The molecule has 19 heavy (non-hydrogen) atoms. The topological polar surface area (TPSA) is 50.9 Å². The SMILES string of the molecule is On1c2ccc(Cl)cc2nc2cc3nccc3cc21. The van der Waals surface area contributed by atoms with Crippen molar-refractivity contribution in [3.8, 4) is 0 Å². The molecule has 0 aliphatic rings. The van der Waals surface area contributed by atoms with Gasteiger partial charge in [-0.05, 0) is 36.4 Å². The smallest absolute Gasteiger partial charge is 0.106 e. The second kappa shape index (κ2) is 3.59. The van der Waals surface area contributed by atoms with E-state index in [0.29, 0.717) is 27.1 Å². The van der Waals surface area contributed by atoms with Gasteiger partial charge in [0.2, 0.25) is 0 Å². The van der Waals surface area contributed by atoms with Crippen molar-refractivity contribution >= 4 is 44.6 Å². The van der Waals surface area contributed by atoms with Crippen molar-refractivity contribution in [2.24, 2.45) is 0 Å². The summed E-state index contributed by atoms with van der Waals surface area (Å²) >= 11 is 5.96. The molecule has 0 bridgehead atoms. The van der Waals surface area contributed by atoms with Gasteiger partial charge in [-0.25, -0.2) is 4.98 Å². The van der Waals surface area contributed by atoms with Crippen LogP contribution in [0.25, 0.3) is 33.0 Å². The third-order valence-corrected chi connectivity index (χ3v) is 3.46. The summed E-state index contributed by atoms with van der Waals surface area (Å²) in [7, 11) is 0. The van der Waals surface area contributed by atoms with Crippen molar-refractivity contribution in [1.29, 1.82) is 0 Å². The van der Waals surface area contributed by atoms with E-state index in [0.717, 1.165) is 15.6 Å². The maximum atomic E-state index is 10.3. The zero-order valence-electron chi connectivity index (χ0n) is 9.71. The Morgan fingerprint density at radius 3 is 2.68 bits per heavy atom. The molecule has 0 aliphatic carbocycles. The molecule has 0 aliphatic heterocycles. The molecule has 2 aromatic heterocycles. The lowest BCUT2D eigenvalue weighted by atomic mass is 10.2. The summed E-state index contributed by atoms with van der Waals surface area (Å²) in [5.41, 5.74) is 3.46. The number of nitrogens with zero attached hydrogens (tertiary/aromatic N) is 3. The van der Waals surface area contributed by atoms with Crippen LogP contribution in [-0.4, -0.2) is 19.9 Å². The number of rotatable bonds is 0. The largest absolute Gasteiger partial charge is 0.428 e. The first-order valence-electron chi connectivity index (χ1n) is 5.78. The fraction of sp³-hybridized carbons (Fsp3) is 0. The van der Waals surface area contributed by atoms with Crippen molar-refractivity contribution < 1.29 is 5.21 Å². The number of halogens is 1. The summed E-state index contributed by atoms with van der Waals surface area (Å²) in [4.78, 5) is 8.76. The Hall–Kier alpha value is -2.33. The van der Waals surface area contributed by atoms with Gasteiger partial charge in [-0.2, -0.15) is 4.73 Å². The highest BCUT2D eigenvalue weighted by molar-refractivity contribution is 6.31. The zero-order chi connectivity index (χ0) is 13.0. The normalized spacial score (nSPS) is 11.6. The first-order chi connectivity index (χ1) is 9.22. The Labute approximate surface area is 112 Å². The van der Waals surface area contributed by atoms with E-state index in [2.05, 4.69) is 9.97 Å². The first kappa shape index (κ1) is 10.6. The highest BCUT2D eigenvalue weighted by Gasteiger charge is 2.08. The quantitative estimate of drug-likeness (QED) is 0.392. The van der Waals surface area contributed by atoms with Gasteiger partial charge in [0.1, 0.15) is 11.0 Å². The molecule has 0 saturated heterocycles. The van der Waals surface area contributed by atoms with Crippen LogP contribution in [0, 0.1) is 0 Å². The van der Waals surface area contributed by atoms with Gasteiger partial charge in [0.25, 0.3) is 0 Å². The lowest BCUT2D eigenvalue weighted by Gasteiger charge is -2.08. The molecule has 0 fully saturated rings. The summed E-state index contributed by atoms with van der Waals surface area (Å²) in [5.74, 6) is 0. The minimum Gasteiger partial charge on any atom is -0.428 e. The molecule has 0 saturated carbocycles. The van der Waals surface area contributed by atoms with Crippen LogP contribution < -0.4 is 0 Å². The maximum absolute atomic E-state index is 10.3. The van der Waals surface area contributed by atoms with Crippen LogP contribution in [0.3, 0.4) is 0 Å².